The van der Waals surface area contributed by atoms with Crippen molar-refractivity contribution in [3.05, 3.63) is 70.5 Å². The average molecular weight is 389 g/mol. The van der Waals surface area contributed by atoms with Crippen LogP contribution >= 0.6 is 11.8 Å². The lowest BCUT2D eigenvalue weighted by molar-refractivity contribution is -0.115. The van der Waals surface area contributed by atoms with E-state index in [1.807, 2.05) is 63.5 Å². The van der Waals surface area contributed by atoms with Crippen LogP contribution < -0.4 is 5.32 Å². The molecule has 0 atom stereocenters. The number of carbonyl (C=O) groups excluding carboxylic acids is 1. The van der Waals surface area contributed by atoms with Crippen LogP contribution in [-0.4, -0.2) is 25.8 Å². The molecule has 140 valence electrons. The van der Waals surface area contributed by atoms with Crippen LogP contribution in [0.2, 0.25) is 0 Å². The van der Waals surface area contributed by atoms with Crippen molar-refractivity contribution < 1.29 is 4.79 Å². The summed E-state index contributed by atoms with van der Waals surface area (Å²) < 4.78 is 1.74. The van der Waals surface area contributed by atoms with Gasteiger partial charge in [0.1, 0.15) is 0 Å². The topological polar surface area (TPSA) is 72.2 Å². The molecule has 3 aromatic rings. The lowest BCUT2D eigenvalue weighted by Gasteiger charge is -2.02. The summed E-state index contributed by atoms with van der Waals surface area (Å²) in [6.07, 6.45) is 7.21. The fourth-order valence-corrected chi connectivity index (χ4v) is 3.74. The zero-order chi connectivity index (χ0) is 19.7. The second-order valence-corrected chi connectivity index (χ2v) is 7.64. The second kappa shape index (κ2) is 7.44. The quantitative estimate of drug-likeness (QED) is 0.688. The van der Waals surface area contributed by atoms with Gasteiger partial charge in [-0.05, 0) is 61.0 Å². The Kier molecular flexibility index (Phi) is 4.83. The molecule has 1 aliphatic heterocycles. The van der Waals surface area contributed by atoms with E-state index in [0.717, 1.165) is 33.6 Å². The third kappa shape index (κ3) is 3.75. The lowest BCUT2D eigenvalue weighted by Crippen LogP contribution is -2.19. The van der Waals surface area contributed by atoms with Crippen molar-refractivity contribution in [2.75, 3.05) is 0 Å². The molecular weight excluding hydrogens is 370 g/mol. The number of rotatable bonds is 3. The molecule has 6 nitrogen and oxygen atoms in total. The highest BCUT2D eigenvalue weighted by molar-refractivity contribution is 8.18. The maximum atomic E-state index is 12.5. The molecule has 1 amide bonds. The largest absolute Gasteiger partial charge is 0.300 e. The van der Waals surface area contributed by atoms with Gasteiger partial charge in [0.05, 0.1) is 16.3 Å². The Morgan fingerprint density at radius 3 is 2.75 bits per heavy atom. The number of hydrogen-bond donors (Lipinski definition) is 1. The molecule has 4 rings (SSSR count). The Morgan fingerprint density at radius 2 is 1.96 bits per heavy atom. The van der Waals surface area contributed by atoms with Crippen molar-refractivity contribution >= 4 is 34.6 Å². The van der Waals surface area contributed by atoms with E-state index in [4.69, 9.17) is 0 Å². The number of pyridine rings is 1. The van der Waals surface area contributed by atoms with E-state index < -0.39 is 0 Å². The van der Waals surface area contributed by atoms with Crippen molar-refractivity contribution in [1.29, 1.82) is 0 Å². The first kappa shape index (κ1) is 18.2. The van der Waals surface area contributed by atoms with Gasteiger partial charge in [-0.1, -0.05) is 12.1 Å². The van der Waals surface area contributed by atoms with Crippen LogP contribution in [0.15, 0.2) is 58.8 Å². The summed E-state index contributed by atoms with van der Waals surface area (Å²) in [5.41, 5.74) is 5.70. The van der Waals surface area contributed by atoms with Crippen LogP contribution in [0.5, 0.6) is 0 Å². The fourth-order valence-electron chi connectivity index (χ4n) is 2.92. The Balaban J connectivity index is 1.66. The minimum atomic E-state index is -0.154. The molecule has 0 radical (unpaired) electrons. The number of thioether (sulfide) groups is 1. The van der Waals surface area contributed by atoms with E-state index in [0.29, 0.717) is 10.1 Å². The van der Waals surface area contributed by atoms with Gasteiger partial charge in [0.2, 0.25) is 0 Å². The van der Waals surface area contributed by atoms with E-state index in [-0.39, 0.29) is 5.91 Å². The highest BCUT2D eigenvalue weighted by atomic mass is 32.2. The van der Waals surface area contributed by atoms with Crippen molar-refractivity contribution in [2.24, 2.45) is 12.0 Å². The van der Waals surface area contributed by atoms with Gasteiger partial charge in [-0.2, -0.15) is 5.10 Å². The van der Waals surface area contributed by atoms with Gasteiger partial charge >= 0.3 is 0 Å². The standard InChI is InChI=1S/C21H19N5OS/c1-13-4-5-14(2)17(10-13)23-21-24-20(27)18(28-21)11-16-12-26(3)25-19(16)15-6-8-22-9-7-15/h4-12H,1-3H3,(H,23,24,27)/b18-11-. The average Bonchev–Trinajstić information content (AvgIpc) is 3.21. The van der Waals surface area contributed by atoms with E-state index in [1.54, 1.807) is 17.1 Å². The number of nitrogens with one attached hydrogen (secondary N) is 1. The van der Waals surface area contributed by atoms with Gasteiger partial charge in [0.15, 0.2) is 5.17 Å². The minimum Gasteiger partial charge on any atom is -0.300 e. The summed E-state index contributed by atoms with van der Waals surface area (Å²) >= 11 is 1.34. The number of benzene rings is 1. The number of nitrogens with zero attached hydrogens (tertiary/aromatic N) is 4. The maximum Gasteiger partial charge on any atom is 0.264 e. The molecule has 1 fully saturated rings. The summed E-state index contributed by atoms with van der Waals surface area (Å²) in [4.78, 5) is 21.7. The van der Waals surface area contributed by atoms with Crippen molar-refractivity contribution in [3.63, 3.8) is 0 Å². The highest BCUT2D eigenvalue weighted by Gasteiger charge is 2.25. The molecule has 3 heterocycles. The second-order valence-electron chi connectivity index (χ2n) is 6.61. The van der Waals surface area contributed by atoms with E-state index in [2.05, 4.69) is 20.4 Å². The zero-order valence-electron chi connectivity index (χ0n) is 15.8. The van der Waals surface area contributed by atoms with E-state index in [9.17, 15) is 4.79 Å². The molecule has 0 unspecified atom stereocenters. The molecule has 1 N–H and O–H groups in total. The molecule has 0 saturated carbocycles. The first-order chi connectivity index (χ1) is 13.5. The third-order valence-electron chi connectivity index (χ3n) is 4.33. The molecule has 1 saturated heterocycles. The minimum absolute atomic E-state index is 0.154. The van der Waals surface area contributed by atoms with E-state index >= 15 is 0 Å². The predicted molar refractivity (Wildman–Crippen MR) is 113 cm³/mol. The van der Waals surface area contributed by atoms with Crippen LogP contribution in [-0.2, 0) is 11.8 Å². The number of aromatic nitrogens is 3. The van der Waals surface area contributed by atoms with Gasteiger partial charge in [-0.3, -0.25) is 14.5 Å². The van der Waals surface area contributed by atoms with Crippen molar-refractivity contribution in [3.8, 4) is 11.3 Å². The van der Waals surface area contributed by atoms with Crippen molar-refractivity contribution in [2.45, 2.75) is 13.8 Å². The van der Waals surface area contributed by atoms with Crippen LogP contribution in [0.25, 0.3) is 17.3 Å². The molecule has 1 aromatic carbocycles. The number of aliphatic imine (C=N–C) groups is 1. The molecule has 7 heteroatoms. The number of amidine groups is 1. The Bertz CT molecular complexity index is 1120. The summed E-state index contributed by atoms with van der Waals surface area (Å²) in [6, 6.07) is 9.90. The Labute approximate surface area is 167 Å². The lowest BCUT2D eigenvalue weighted by atomic mass is 10.1. The number of amides is 1. The number of aryl methyl sites for hydroxylation is 3. The molecule has 2 aromatic heterocycles. The smallest absolute Gasteiger partial charge is 0.264 e. The summed E-state index contributed by atoms with van der Waals surface area (Å²) in [5.74, 6) is -0.154. The maximum absolute atomic E-state index is 12.5. The van der Waals surface area contributed by atoms with Gasteiger partial charge in [0.25, 0.3) is 5.91 Å². The Hall–Kier alpha value is -3.19. The highest BCUT2D eigenvalue weighted by Crippen LogP contribution is 2.31. The van der Waals surface area contributed by atoms with Crippen LogP contribution in [0.4, 0.5) is 5.69 Å². The van der Waals surface area contributed by atoms with E-state index in [1.165, 1.54) is 11.8 Å². The zero-order valence-corrected chi connectivity index (χ0v) is 16.6. The van der Waals surface area contributed by atoms with Gasteiger partial charge in [0, 0.05) is 36.8 Å². The van der Waals surface area contributed by atoms with Crippen LogP contribution in [0, 0.1) is 13.8 Å². The normalized spacial score (nSPS) is 16.8. The Morgan fingerprint density at radius 1 is 1.18 bits per heavy atom. The van der Waals surface area contributed by atoms with Crippen LogP contribution in [0.3, 0.4) is 0 Å². The first-order valence-corrected chi connectivity index (χ1v) is 9.62. The summed E-state index contributed by atoms with van der Waals surface area (Å²) in [6.45, 7) is 4.03. The van der Waals surface area contributed by atoms with Gasteiger partial charge in [-0.25, -0.2) is 4.99 Å². The molecular formula is C21H19N5OS. The monoisotopic (exact) mass is 389 g/mol. The molecule has 28 heavy (non-hydrogen) atoms. The fraction of sp³-hybridized carbons (Fsp3) is 0.143. The number of carbonyl (C=O) groups is 1. The SMILES string of the molecule is Cc1ccc(C)c(N=C2NC(=O)/C(=C/c3cn(C)nc3-c3ccncc3)S2)c1. The molecule has 0 aliphatic carbocycles. The molecule has 0 bridgehead atoms. The predicted octanol–water partition coefficient (Wildman–Crippen LogP) is 3.99. The van der Waals surface area contributed by atoms with Crippen molar-refractivity contribution in [1.82, 2.24) is 20.1 Å². The summed E-state index contributed by atoms with van der Waals surface area (Å²) in [7, 11) is 1.86. The molecule has 1 aliphatic rings. The number of hydrogen-bond acceptors (Lipinski definition) is 5. The third-order valence-corrected chi connectivity index (χ3v) is 5.24. The first-order valence-electron chi connectivity index (χ1n) is 8.80. The summed E-state index contributed by atoms with van der Waals surface area (Å²) in [5, 5.41) is 7.97. The van der Waals surface area contributed by atoms with Crippen LogP contribution in [0.1, 0.15) is 16.7 Å². The van der Waals surface area contributed by atoms with Gasteiger partial charge < -0.3 is 5.32 Å². The molecule has 0 spiro atoms. The van der Waals surface area contributed by atoms with Gasteiger partial charge in [-0.15, -0.1) is 0 Å².